The number of carbonyl (C=O) groups is 1. The minimum absolute atomic E-state index is 0.208. The Balaban J connectivity index is 1.59. The molecule has 1 heterocycles. The predicted octanol–water partition coefficient (Wildman–Crippen LogP) is 5.70. The molecule has 1 N–H and O–H groups in total. The van der Waals surface area contributed by atoms with Crippen molar-refractivity contribution in [3.63, 3.8) is 0 Å². The smallest absolute Gasteiger partial charge is 0.329 e. The highest BCUT2D eigenvalue weighted by molar-refractivity contribution is 5.83. The fourth-order valence-corrected chi connectivity index (χ4v) is 5.00. The van der Waals surface area contributed by atoms with E-state index in [1.165, 1.54) is 11.1 Å². The van der Waals surface area contributed by atoms with Gasteiger partial charge >= 0.3 is 5.97 Å². The Kier molecular flexibility index (Phi) is 8.01. The number of aliphatic carboxylic acids is 1. The van der Waals surface area contributed by atoms with E-state index in [1.54, 1.807) is 7.11 Å². The Morgan fingerprint density at radius 3 is 2.41 bits per heavy atom. The normalized spacial score (nSPS) is 18.1. The van der Waals surface area contributed by atoms with Gasteiger partial charge in [0.2, 0.25) is 0 Å². The van der Waals surface area contributed by atoms with Gasteiger partial charge in [-0.05, 0) is 61.6 Å². The van der Waals surface area contributed by atoms with Crippen LogP contribution in [0, 0.1) is 11.8 Å². The molecule has 6 nitrogen and oxygen atoms in total. The van der Waals surface area contributed by atoms with Crippen LogP contribution in [0.4, 0.5) is 0 Å². The average molecular weight is 463 g/mol. The van der Waals surface area contributed by atoms with Crippen LogP contribution in [0.15, 0.2) is 54.6 Å². The first-order chi connectivity index (χ1) is 16.6. The number of aromatic nitrogens is 2. The molecule has 6 heteroatoms. The monoisotopic (exact) mass is 462 g/mol. The van der Waals surface area contributed by atoms with Gasteiger partial charge in [0.05, 0.1) is 25.1 Å². The molecule has 0 amide bonds. The summed E-state index contributed by atoms with van der Waals surface area (Å²) in [6, 6.07) is 18.8. The maximum Gasteiger partial charge on any atom is 0.329 e. The molecule has 0 atom stereocenters. The van der Waals surface area contributed by atoms with Crippen molar-refractivity contribution < 1.29 is 19.4 Å². The summed E-state index contributed by atoms with van der Waals surface area (Å²) < 4.78 is 13.1. The topological polar surface area (TPSA) is 73.6 Å². The van der Waals surface area contributed by atoms with Gasteiger partial charge < -0.3 is 14.6 Å². The first kappa shape index (κ1) is 24.0. The molecule has 4 rings (SSSR count). The van der Waals surface area contributed by atoms with Crippen LogP contribution in [0.1, 0.15) is 38.3 Å². The van der Waals surface area contributed by atoms with Gasteiger partial charge in [0.25, 0.3) is 0 Å². The zero-order valence-corrected chi connectivity index (χ0v) is 20.1. The van der Waals surface area contributed by atoms with E-state index < -0.39 is 5.97 Å². The second-order valence-electron chi connectivity index (χ2n) is 9.10. The molecular weight excluding hydrogens is 428 g/mol. The zero-order valence-electron chi connectivity index (χ0n) is 20.1. The fourth-order valence-electron chi connectivity index (χ4n) is 5.00. The molecule has 0 spiro atoms. The van der Waals surface area contributed by atoms with Crippen LogP contribution in [0.25, 0.3) is 22.4 Å². The van der Waals surface area contributed by atoms with E-state index in [1.807, 2.05) is 18.2 Å². The Hall–Kier alpha value is -3.12. The number of rotatable bonds is 10. The highest BCUT2D eigenvalue weighted by atomic mass is 16.5. The first-order valence-electron chi connectivity index (χ1n) is 12.2. The van der Waals surface area contributed by atoms with Crippen molar-refractivity contribution in [1.29, 1.82) is 0 Å². The van der Waals surface area contributed by atoms with Crippen molar-refractivity contribution in [3.05, 3.63) is 60.3 Å². The number of methoxy groups -OCH3 is 1. The number of hydrogen-bond acceptors (Lipinski definition) is 4. The van der Waals surface area contributed by atoms with E-state index in [0.717, 1.165) is 61.3 Å². The highest BCUT2D eigenvalue weighted by Gasteiger charge is 2.26. The van der Waals surface area contributed by atoms with E-state index >= 15 is 0 Å². The van der Waals surface area contributed by atoms with Crippen molar-refractivity contribution in [1.82, 2.24) is 9.78 Å². The van der Waals surface area contributed by atoms with Gasteiger partial charge in [0.1, 0.15) is 12.4 Å². The molecule has 0 saturated heterocycles. The maximum atomic E-state index is 10.7. The Labute approximate surface area is 201 Å². The number of aryl methyl sites for hydroxylation is 1. The van der Waals surface area contributed by atoms with Gasteiger partial charge in [-0.25, -0.2) is 4.79 Å². The van der Waals surface area contributed by atoms with E-state index in [9.17, 15) is 4.79 Å². The first-order valence-corrected chi connectivity index (χ1v) is 12.2. The van der Waals surface area contributed by atoms with Crippen LogP contribution >= 0.6 is 0 Å². The average Bonchev–Trinajstić information content (AvgIpc) is 3.23. The summed E-state index contributed by atoms with van der Waals surface area (Å²) in [6.07, 6.45) is 5.19. The summed E-state index contributed by atoms with van der Waals surface area (Å²) in [5.41, 5.74) is 5.74. The Morgan fingerprint density at radius 1 is 1.03 bits per heavy atom. The van der Waals surface area contributed by atoms with E-state index in [2.05, 4.69) is 48.0 Å². The van der Waals surface area contributed by atoms with Crippen LogP contribution in [0.5, 0.6) is 5.75 Å². The summed E-state index contributed by atoms with van der Waals surface area (Å²) in [7, 11) is 1.70. The molecule has 0 radical (unpaired) electrons. The van der Waals surface area contributed by atoms with Crippen molar-refractivity contribution in [2.24, 2.45) is 11.8 Å². The number of benzene rings is 2. The summed E-state index contributed by atoms with van der Waals surface area (Å²) >= 11 is 0. The second kappa shape index (κ2) is 11.3. The molecule has 1 fully saturated rings. The van der Waals surface area contributed by atoms with Gasteiger partial charge in [-0.15, -0.1) is 0 Å². The molecule has 180 valence electrons. The van der Waals surface area contributed by atoms with Crippen LogP contribution in [0.2, 0.25) is 0 Å². The molecule has 1 saturated carbocycles. The lowest BCUT2D eigenvalue weighted by molar-refractivity contribution is -0.142. The fraction of sp³-hybridized carbons (Fsp3) is 0.429. The standard InChI is InChI=1S/C28H34N2O4/c1-3-25-27(23-10-7-11-24(16-23)33-2)28(22-8-5-4-6-9-22)30(29-25)17-20-12-14-21(15-13-20)18-34-19-26(31)32/h4-11,16,20-21H,3,12-15,17-19H2,1-2H3,(H,31,32). The number of hydrogen-bond donors (Lipinski definition) is 1. The quantitative estimate of drug-likeness (QED) is 0.419. The van der Waals surface area contributed by atoms with Crippen LogP contribution in [0.3, 0.4) is 0 Å². The third kappa shape index (κ3) is 5.68. The molecule has 0 aliphatic heterocycles. The largest absolute Gasteiger partial charge is 0.497 e. The predicted molar refractivity (Wildman–Crippen MR) is 133 cm³/mol. The molecule has 0 bridgehead atoms. The lowest BCUT2D eigenvalue weighted by atomic mass is 9.82. The SMILES string of the molecule is CCc1nn(CC2CCC(COCC(=O)O)CC2)c(-c2ccccc2)c1-c1cccc(OC)c1. The van der Waals surface area contributed by atoms with Gasteiger partial charge in [0.15, 0.2) is 0 Å². The molecule has 3 aromatic rings. The van der Waals surface area contributed by atoms with Crippen molar-refractivity contribution in [2.75, 3.05) is 20.3 Å². The second-order valence-corrected chi connectivity index (χ2v) is 9.10. The van der Waals surface area contributed by atoms with Crippen molar-refractivity contribution in [2.45, 2.75) is 45.6 Å². The van der Waals surface area contributed by atoms with Crippen LogP contribution in [-0.4, -0.2) is 41.2 Å². The van der Waals surface area contributed by atoms with Crippen molar-refractivity contribution in [3.8, 4) is 28.1 Å². The summed E-state index contributed by atoms with van der Waals surface area (Å²) in [5, 5.41) is 13.9. The number of nitrogens with zero attached hydrogens (tertiary/aromatic N) is 2. The van der Waals surface area contributed by atoms with Gasteiger partial charge in [0, 0.05) is 17.7 Å². The lowest BCUT2D eigenvalue weighted by Gasteiger charge is -2.28. The highest BCUT2D eigenvalue weighted by Crippen LogP contribution is 2.38. The van der Waals surface area contributed by atoms with Gasteiger partial charge in [-0.2, -0.15) is 5.10 Å². The van der Waals surface area contributed by atoms with E-state index in [4.69, 9.17) is 19.7 Å². The zero-order chi connectivity index (χ0) is 23.9. The summed E-state index contributed by atoms with van der Waals surface area (Å²) in [5.74, 6) is 0.926. The maximum absolute atomic E-state index is 10.7. The third-order valence-electron chi connectivity index (χ3n) is 6.74. The number of carboxylic acids is 1. The number of ether oxygens (including phenoxy) is 2. The van der Waals surface area contributed by atoms with Gasteiger partial charge in [-0.3, -0.25) is 4.68 Å². The third-order valence-corrected chi connectivity index (χ3v) is 6.74. The van der Waals surface area contributed by atoms with Crippen LogP contribution < -0.4 is 4.74 Å². The summed E-state index contributed by atoms with van der Waals surface area (Å²) in [6.45, 7) is 3.37. The van der Waals surface area contributed by atoms with E-state index in [-0.39, 0.29) is 6.61 Å². The Morgan fingerprint density at radius 2 is 1.74 bits per heavy atom. The van der Waals surface area contributed by atoms with E-state index in [0.29, 0.717) is 18.4 Å². The molecule has 1 aliphatic carbocycles. The van der Waals surface area contributed by atoms with Crippen molar-refractivity contribution >= 4 is 5.97 Å². The Bertz CT molecular complexity index is 1090. The molecular formula is C28H34N2O4. The minimum Gasteiger partial charge on any atom is -0.497 e. The molecule has 0 unspecified atom stereocenters. The molecule has 2 aromatic carbocycles. The van der Waals surface area contributed by atoms with Crippen LogP contribution in [-0.2, 0) is 22.5 Å². The molecule has 34 heavy (non-hydrogen) atoms. The lowest BCUT2D eigenvalue weighted by Crippen LogP contribution is -2.23. The molecule has 1 aliphatic rings. The molecule has 1 aromatic heterocycles. The summed E-state index contributed by atoms with van der Waals surface area (Å²) in [4.78, 5) is 10.7. The number of carboxylic acid groups (broad SMARTS) is 1. The van der Waals surface area contributed by atoms with Gasteiger partial charge in [-0.1, -0.05) is 49.4 Å². The minimum atomic E-state index is -0.903.